The van der Waals surface area contributed by atoms with Gasteiger partial charge in [0.1, 0.15) is 13.2 Å². The fourth-order valence-electron chi connectivity index (χ4n) is 2.19. The standard InChI is InChI=1S/C17H20N4O6/c1-13-15(19-18-14-5-3-2-4-6-14)7-8-16(17(13)20(24)25)21(26-11-9-22)27-12-10-23/h2-8,22-23H,9-12H2,1H3. The minimum atomic E-state index is -0.580. The summed E-state index contributed by atoms with van der Waals surface area (Å²) in [6.07, 6.45) is 0. The molecule has 0 spiro atoms. The van der Waals surface area contributed by atoms with Gasteiger partial charge in [-0.15, -0.1) is 5.23 Å². The molecule has 0 heterocycles. The van der Waals surface area contributed by atoms with E-state index in [1.54, 1.807) is 18.2 Å². The molecule has 0 fully saturated rings. The number of nitrogens with zero attached hydrogens (tertiary/aromatic N) is 4. The second kappa shape index (κ2) is 10.3. The van der Waals surface area contributed by atoms with E-state index in [2.05, 4.69) is 10.2 Å². The Morgan fingerprint density at radius 1 is 1.04 bits per heavy atom. The van der Waals surface area contributed by atoms with E-state index in [0.717, 1.165) is 5.23 Å². The second-order valence-corrected chi connectivity index (χ2v) is 5.24. The van der Waals surface area contributed by atoms with Gasteiger partial charge in [-0.05, 0) is 31.2 Å². The lowest BCUT2D eigenvalue weighted by Gasteiger charge is -2.22. The van der Waals surface area contributed by atoms with Crippen LogP contribution in [0, 0.1) is 17.0 Å². The minimum absolute atomic E-state index is 0.0121. The number of aliphatic hydroxyl groups is 2. The highest BCUT2D eigenvalue weighted by Crippen LogP contribution is 2.38. The van der Waals surface area contributed by atoms with E-state index in [1.165, 1.54) is 13.0 Å². The number of anilines is 1. The number of azo groups is 1. The van der Waals surface area contributed by atoms with Crippen LogP contribution in [0.1, 0.15) is 5.56 Å². The Morgan fingerprint density at radius 3 is 2.22 bits per heavy atom. The van der Waals surface area contributed by atoms with Crippen LogP contribution in [0.4, 0.5) is 22.7 Å². The molecule has 2 aromatic carbocycles. The van der Waals surface area contributed by atoms with E-state index in [1.807, 2.05) is 18.2 Å². The molecule has 0 aliphatic rings. The van der Waals surface area contributed by atoms with Gasteiger partial charge in [0, 0.05) is 0 Å². The second-order valence-electron chi connectivity index (χ2n) is 5.24. The van der Waals surface area contributed by atoms with Crippen LogP contribution in [0.5, 0.6) is 0 Å². The number of nitro groups is 1. The highest BCUT2D eigenvalue weighted by atomic mass is 16.9. The Hall–Kier alpha value is -2.92. The molecule has 0 aliphatic heterocycles. The molecule has 0 atom stereocenters. The van der Waals surface area contributed by atoms with E-state index < -0.39 is 4.92 Å². The van der Waals surface area contributed by atoms with Crippen molar-refractivity contribution in [2.45, 2.75) is 6.92 Å². The van der Waals surface area contributed by atoms with Crippen LogP contribution in [0.15, 0.2) is 52.7 Å². The van der Waals surface area contributed by atoms with Crippen molar-refractivity contribution in [3.8, 4) is 0 Å². The maximum absolute atomic E-state index is 11.6. The van der Waals surface area contributed by atoms with Gasteiger partial charge in [0.05, 0.1) is 35.1 Å². The Kier molecular flexibility index (Phi) is 7.77. The van der Waals surface area contributed by atoms with Crippen LogP contribution >= 0.6 is 0 Å². The van der Waals surface area contributed by atoms with Crippen molar-refractivity contribution in [2.24, 2.45) is 10.2 Å². The van der Waals surface area contributed by atoms with Gasteiger partial charge in [-0.25, -0.2) is 9.68 Å². The molecule has 0 aliphatic carbocycles. The first-order chi connectivity index (χ1) is 13.1. The van der Waals surface area contributed by atoms with Crippen molar-refractivity contribution in [1.29, 1.82) is 0 Å². The van der Waals surface area contributed by atoms with Crippen molar-refractivity contribution in [1.82, 2.24) is 0 Å². The molecule has 144 valence electrons. The Bertz CT molecular complexity index is 776. The lowest BCUT2D eigenvalue weighted by molar-refractivity contribution is -0.385. The summed E-state index contributed by atoms with van der Waals surface area (Å²) in [4.78, 5) is 21.4. The van der Waals surface area contributed by atoms with Crippen LogP contribution in [0.25, 0.3) is 0 Å². The summed E-state index contributed by atoms with van der Waals surface area (Å²) in [7, 11) is 0. The van der Waals surface area contributed by atoms with Gasteiger partial charge in [-0.3, -0.25) is 10.1 Å². The molecule has 0 radical (unpaired) electrons. The van der Waals surface area contributed by atoms with Crippen molar-refractivity contribution in [2.75, 3.05) is 31.7 Å². The van der Waals surface area contributed by atoms with Gasteiger partial charge in [0.2, 0.25) is 0 Å². The van der Waals surface area contributed by atoms with Crippen molar-refractivity contribution >= 4 is 22.7 Å². The molecular formula is C17H20N4O6. The van der Waals surface area contributed by atoms with Crippen molar-refractivity contribution in [3.63, 3.8) is 0 Å². The molecule has 0 unspecified atom stereocenters. The van der Waals surface area contributed by atoms with E-state index in [9.17, 15) is 10.1 Å². The van der Waals surface area contributed by atoms with Crippen molar-refractivity contribution in [3.05, 3.63) is 58.1 Å². The first-order valence-electron chi connectivity index (χ1n) is 8.11. The average molecular weight is 376 g/mol. The molecule has 27 heavy (non-hydrogen) atoms. The number of rotatable bonds is 10. The molecule has 2 N–H and O–H groups in total. The number of hydrogen-bond acceptors (Lipinski definition) is 9. The summed E-state index contributed by atoms with van der Waals surface area (Å²) in [5.74, 6) is 0. The molecule has 0 saturated heterocycles. The summed E-state index contributed by atoms with van der Waals surface area (Å²) in [6.45, 7) is 0.635. The van der Waals surface area contributed by atoms with Gasteiger partial charge in [-0.2, -0.15) is 10.2 Å². The third kappa shape index (κ3) is 5.53. The number of benzene rings is 2. The number of hydrogen-bond donors (Lipinski definition) is 2. The topological polar surface area (TPSA) is 130 Å². The normalized spacial score (nSPS) is 11.1. The zero-order chi connectivity index (χ0) is 19.6. The van der Waals surface area contributed by atoms with Crippen LogP contribution < -0.4 is 5.23 Å². The molecule has 0 bridgehead atoms. The predicted octanol–water partition coefficient (Wildman–Crippen LogP) is 2.97. The molecule has 0 amide bonds. The van der Waals surface area contributed by atoms with Crippen LogP contribution in [-0.2, 0) is 9.68 Å². The average Bonchev–Trinajstić information content (AvgIpc) is 2.67. The molecule has 2 aromatic rings. The van der Waals surface area contributed by atoms with Crippen LogP contribution in [0.3, 0.4) is 0 Å². The van der Waals surface area contributed by atoms with Gasteiger partial charge in [-0.1, -0.05) is 18.2 Å². The van der Waals surface area contributed by atoms with Crippen molar-refractivity contribution < 1.29 is 24.8 Å². The smallest absolute Gasteiger partial charge is 0.302 e. The van der Waals surface area contributed by atoms with E-state index >= 15 is 0 Å². The molecule has 0 aromatic heterocycles. The third-order valence-corrected chi connectivity index (χ3v) is 3.39. The minimum Gasteiger partial charge on any atom is -0.394 e. The first-order valence-corrected chi connectivity index (χ1v) is 8.11. The summed E-state index contributed by atoms with van der Waals surface area (Å²) in [5, 5.41) is 38.4. The quantitative estimate of drug-likeness (QED) is 0.370. The monoisotopic (exact) mass is 376 g/mol. The zero-order valence-electron chi connectivity index (χ0n) is 14.7. The summed E-state index contributed by atoms with van der Waals surface area (Å²) in [5.41, 5.74) is 0.928. The Morgan fingerprint density at radius 2 is 1.67 bits per heavy atom. The molecule has 10 nitrogen and oxygen atoms in total. The number of nitro benzene ring substituents is 1. The summed E-state index contributed by atoms with van der Waals surface area (Å²) < 4.78 is 0. The predicted molar refractivity (Wildman–Crippen MR) is 97.0 cm³/mol. The van der Waals surface area contributed by atoms with Crippen LogP contribution in [-0.4, -0.2) is 41.6 Å². The Balaban J connectivity index is 2.39. The SMILES string of the molecule is Cc1c(N=Nc2ccccc2)ccc(N(OCCO)OCCO)c1[N+](=O)[O-]. The summed E-state index contributed by atoms with van der Waals surface area (Å²) >= 11 is 0. The maximum atomic E-state index is 11.6. The lowest BCUT2D eigenvalue weighted by Crippen LogP contribution is -2.28. The van der Waals surface area contributed by atoms with E-state index in [-0.39, 0.29) is 43.4 Å². The third-order valence-electron chi connectivity index (χ3n) is 3.39. The molecule has 10 heteroatoms. The van der Waals surface area contributed by atoms with E-state index in [0.29, 0.717) is 11.4 Å². The van der Waals surface area contributed by atoms with Gasteiger partial charge in [0.15, 0.2) is 5.69 Å². The number of aliphatic hydroxyl groups excluding tert-OH is 2. The zero-order valence-corrected chi connectivity index (χ0v) is 14.7. The maximum Gasteiger partial charge on any atom is 0.302 e. The van der Waals surface area contributed by atoms with Gasteiger partial charge >= 0.3 is 5.69 Å². The lowest BCUT2D eigenvalue weighted by atomic mass is 10.1. The first kappa shape index (κ1) is 20.4. The largest absolute Gasteiger partial charge is 0.394 e. The van der Waals surface area contributed by atoms with Gasteiger partial charge < -0.3 is 10.2 Å². The molecule has 2 rings (SSSR count). The van der Waals surface area contributed by atoms with E-state index in [4.69, 9.17) is 19.9 Å². The molecular weight excluding hydrogens is 356 g/mol. The molecule has 0 saturated carbocycles. The fourth-order valence-corrected chi connectivity index (χ4v) is 2.19. The van der Waals surface area contributed by atoms with Gasteiger partial charge in [0.25, 0.3) is 0 Å². The summed E-state index contributed by atoms with van der Waals surface area (Å²) in [6, 6.07) is 11.9. The highest BCUT2D eigenvalue weighted by molar-refractivity contribution is 5.71. The van der Waals surface area contributed by atoms with Crippen LogP contribution in [0.2, 0.25) is 0 Å². The Labute approximate surface area is 155 Å². The fraction of sp³-hybridized carbons (Fsp3) is 0.294. The highest BCUT2D eigenvalue weighted by Gasteiger charge is 2.26.